The first-order valence-corrected chi connectivity index (χ1v) is 7.78. The summed E-state index contributed by atoms with van der Waals surface area (Å²) in [5, 5.41) is 10.5. The number of H-pyrrole nitrogens is 2. The van der Waals surface area contributed by atoms with Crippen molar-refractivity contribution in [3.8, 4) is 5.69 Å². The van der Waals surface area contributed by atoms with Gasteiger partial charge in [-0.2, -0.15) is 10.2 Å². The fourth-order valence-electron chi connectivity index (χ4n) is 3.10. The molecule has 0 radical (unpaired) electrons. The molecule has 122 valence electrons. The van der Waals surface area contributed by atoms with E-state index in [1.54, 1.807) is 21.8 Å². The van der Waals surface area contributed by atoms with Crippen LogP contribution in [-0.2, 0) is 0 Å². The molecular weight excluding hydrogens is 308 g/mol. The van der Waals surface area contributed by atoms with Crippen LogP contribution in [-0.4, -0.2) is 42.3 Å². The van der Waals surface area contributed by atoms with Crippen molar-refractivity contribution in [2.24, 2.45) is 0 Å². The van der Waals surface area contributed by atoms with Crippen LogP contribution in [0.15, 0.2) is 47.5 Å². The third kappa shape index (κ3) is 2.51. The number of carbonyl (C=O) groups excluding carboxylic acids is 1. The highest BCUT2D eigenvalue weighted by molar-refractivity contribution is 5.95. The second-order valence-electron chi connectivity index (χ2n) is 5.72. The molecule has 3 aromatic rings. The topological polar surface area (TPSA) is 99.7 Å². The SMILES string of the molecule is O=C(c1cccc(-n2cccn2)c1)N1CCC[C@H]1c1n[nH]c(=O)[nH]1. The lowest BCUT2D eigenvalue weighted by Crippen LogP contribution is -2.31. The van der Waals surface area contributed by atoms with E-state index >= 15 is 0 Å². The predicted molar refractivity (Wildman–Crippen MR) is 85.8 cm³/mol. The van der Waals surface area contributed by atoms with Crippen LogP contribution >= 0.6 is 0 Å². The number of nitrogens with zero attached hydrogens (tertiary/aromatic N) is 4. The van der Waals surface area contributed by atoms with Crippen molar-refractivity contribution in [2.45, 2.75) is 18.9 Å². The van der Waals surface area contributed by atoms with Gasteiger partial charge in [0.05, 0.1) is 11.7 Å². The zero-order valence-corrected chi connectivity index (χ0v) is 12.8. The van der Waals surface area contributed by atoms with E-state index in [1.165, 1.54) is 0 Å². The van der Waals surface area contributed by atoms with Gasteiger partial charge in [-0.05, 0) is 37.1 Å². The normalized spacial score (nSPS) is 17.3. The number of rotatable bonds is 3. The van der Waals surface area contributed by atoms with Gasteiger partial charge in [0.25, 0.3) is 5.91 Å². The lowest BCUT2D eigenvalue weighted by atomic mass is 10.1. The van der Waals surface area contributed by atoms with Gasteiger partial charge in [-0.1, -0.05) is 6.07 Å². The summed E-state index contributed by atoms with van der Waals surface area (Å²) in [6.45, 7) is 0.643. The summed E-state index contributed by atoms with van der Waals surface area (Å²) in [5.74, 6) is 0.435. The maximum Gasteiger partial charge on any atom is 0.340 e. The van der Waals surface area contributed by atoms with E-state index in [4.69, 9.17) is 0 Å². The first-order valence-electron chi connectivity index (χ1n) is 7.78. The summed E-state index contributed by atoms with van der Waals surface area (Å²) < 4.78 is 1.71. The van der Waals surface area contributed by atoms with Crippen LogP contribution in [0.5, 0.6) is 0 Å². The van der Waals surface area contributed by atoms with Gasteiger partial charge in [-0.3, -0.25) is 9.78 Å². The Morgan fingerprint density at radius 3 is 2.96 bits per heavy atom. The molecule has 1 aliphatic heterocycles. The number of amides is 1. The second-order valence-corrected chi connectivity index (χ2v) is 5.72. The molecule has 1 atom stereocenters. The van der Waals surface area contributed by atoms with Crippen molar-refractivity contribution >= 4 is 5.91 Å². The summed E-state index contributed by atoms with van der Waals surface area (Å²) in [6, 6.07) is 8.97. The Morgan fingerprint density at radius 2 is 2.21 bits per heavy atom. The molecule has 0 bridgehead atoms. The van der Waals surface area contributed by atoms with Crippen LogP contribution in [0.1, 0.15) is 35.1 Å². The van der Waals surface area contributed by atoms with Crippen molar-refractivity contribution in [3.63, 3.8) is 0 Å². The van der Waals surface area contributed by atoms with Crippen LogP contribution < -0.4 is 5.69 Å². The molecule has 0 spiro atoms. The van der Waals surface area contributed by atoms with Gasteiger partial charge in [0.15, 0.2) is 5.82 Å². The third-order valence-corrected chi connectivity index (χ3v) is 4.21. The maximum absolute atomic E-state index is 12.9. The van der Waals surface area contributed by atoms with Gasteiger partial charge >= 0.3 is 5.69 Å². The van der Waals surface area contributed by atoms with E-state index in [1.807, 2.05) is 30.5 Å². The zero-order chi connectivity index (χ0) is 16.5. The molecule has 24 heavy (non-hydrogen) atoms. The highest BCUT2D eigenvalue weighted by Gasteiger charge is 2.32. The van der Waals surface area contributed by atoms with E-state index in [0.29, 0.717) is 17.9 Å². The minimum Gasteiger partial charge on any atom is -0.328 e. The van der Waals surface area contributed by atoms with E-state index < -0.39 is 0 Å². The third-order valence-electron chi connectivity index (χ3n) is 4.21. The molecule has 4 rings (SSSR count). The molecule has 0 aliphatic carbocycles. The quantitative estimate of drug-likeness (QED) is 0.757. The van der Waals surface area contributed by atoms with E-state index in [0.717, 1.165) is 18.5 Å². The second kappa shape index (κ2) is 5.80. The molecule has 0 saturated carbocycles. The van der Waals surface area contributed by atoms with Gasteiger partial charge in [-0.25, -0.2) is 14.6 Å². The number of likely N-dealkylation sites (tertiary alicyclic amines) is 1. The van der Waals surface area contributed by atoms with Gasteiger partial charge in [0, 0.05) is 24.5 Å². The molecule has 2 aromatic heterocycles. The van der Waals surface area contributed by atoms with E-state index in [2.05, 4.69) is 20.3 Å². The molecule has 1 fully saturated rings. The van der Waals surface area contributed by atoms with Crippen LogP contribution in [0.2, 0.25) is 0 Å². The molecule has 2 N–H and O–H groups in total. The monoisotopic (exact) mass is 324 g/mol. The number of hydrogen-bond donors (Lipinski definition) is 2. The molecule has 0 unspecified atom stereocenters. The largest absolute Gasteiger partial charge is 0.340 e. The van der Waals surface area contributed by atoms with Crippen LogP contribution in [0.25, 0.3) is 5.69 Å². The number of aromatic amines is 2. The number of benzene rings is 1. The Morgan fingerprint density at radius 1 is 1.29 bits per heavy atom. The van der Waals surface area contributed by atoms with Gasteiger partial charge < -0.3 is 4.90 Å². The highest BCUT2D eigenvalue weighted by atomic mass is 16.2. The van der Waals surface area contributed by atoms with E-state index in [9.17, 15) is 9.59 Å². The average molecular weight is 324 g/mol. The lowest BCUT2D eigenvalue weighted by Gasteiger charge is -2.23. The molecule has 1 aliphatic rings. The summed E-state index contributed by atoms with van der Waals surface area (Å²) in [4.78, 5) is 28.6. The Hall–Kier alpha value is -3.16. The maximum atomic E-state index is 12.9. The van der Waals surface area contributed by atoms with Gasteiger partial charge in [0.2, 0.25) is 0 Å². The molecule has 1 saturated heterocycles. The molecule has 8 nitrogen and oxygen atoms in total. The molecule has 3 heterocycles. The first-order chi connectivity index (χ1) is 11.7. The number of carbonyl (C=O) groups is 1. The Bertz CT molecular complexity index is 911. The molecule has 1 aromatic carbocycles. The average Bonchev–Trinajstić information content (AvgIpc) is 3.35. The predicted octanol–water partition coefficient (Wildman–Crippen LogP) is 1.26. The van der Waals surface area contributed by atoms with Crippen molar-refractivity contribution in [3.05, 3.63) is 64.6 Å². The first kappa shape index (κ1) is 14.4. The van der Waals surface area contributed by atoms with Crippen LogP contribution in [0, 0.1) is 0 Å². The fourth-order valence-corrected chi connectivity index (χ4v) is 3.10. The minimum atomic E-state index is -0.357. The van der Waals surface area contributed by atoms with Crippen LogP contribution in [0.3, 0.4) is 0 Å². The van der Waals surface area contributed by atoms with Crippen LogP contribution in [0.4, 0.5) is 0 Å². The van der Waals surface area contributed by atoms with Crippen molar-refractivity contribution in [1.82, 2.24) is 29.9 Å². The summed E-state index contributed by atoms with van der Waals surface area (Å²) in [6.07, 6.45) is 5.19. The summed E-state index contributed by atoms with van der Waals surface area (Å²) >= 11 is 0. The zero-order valence-electron chi connectivity index (χ0n) is 12.8. The Labute approximate surface area is 137 Å². The number of aromatic nitrogens is 5. The Kier molecular flexibility index (Phi) is 3.49. The molecule has 8 heteroatoms. The van der Waals surface area contributed by atoms with Gasteiger partial charge in [0.1, 0.15) is 0 Å². The Balaban J connectivity index is 1.63. The minimum absolute atomic E-state index is 0.0737. The standard InChI is InChI=1S/C16H16N6O2/c23-15(11-4-1-5-12(10-11)22-9-3-7-17-22)21-8-2-6-13(21)14-18-16(24)20-19-14/h1,3-5,7,9-10,13H,2,6,8H2,(H2,18,19,20,24)/t13-/m0/s1. The summed E-state index contributed by atoms with van der Waals surface area (Å²) in [7, 11) is 0. The van der Waals surface area contributed by atoms with Crippen molar-refractivity contribution in [1.29, 1.82) is 0 Å². The molecular formula is C16H16N6O2. The van der Waals surface area contributed by atoms with Gasteiger partial charge in [-0.15, -0.1) is 0 Å². The van der Waals surface area contributed by atoms with Crippen molar-refractivity contribution in [2.75, 3.05) is 6.54 Å². The summed E-state index contributed by atoms with van der Waals surface area (Å²) in [5.41, 5.74) is 1.06. The van der Waals surface area contributed by atoms with Crippen molar-refractivity contribution < 1.29 is 4.79 Å². The lowest BCUT2D eigenvalue weighted by molar-refractivity contribution is 0.0730. The van der Waals surface area contributed by atoms with E-state index in [-0.39, 0.29) is 17.6 Å². The smallest absolute Gasteiger partial charge is 0.328 e. The molecule has 1 amide bonds. The number of hydrogen-bond acceptors (Lipinski definition) is 4. The highest BCUT2D eigenvalue weighted by Crippen LogP contribution is 2.30. The fraction of sp³-hybridized carbons (Fsp3) is 0.250. The number of nitrogens with one attached hydrogen (secondary N) is 2.